The summed E-state index contributed by atoms with van der Waals surface area (Å²) in [7, 11) is 0. The van der Waals surface area contributed by atoms with E-state index in [0.29, 0.717) is 16.8 Å². The molecule has 39 heavy (non-hydrogen) atoms. The third kappa shape index (κ3) is 4.56. The van der Waals surface area contributed by atoms with Gasteiger partial charge in [-0.3, -0.25) is 0 Å². The van der Waals surface area contributed by atoms with Crippen molar-refractivity contribution >= 4 is 28.5 Å². The standard InChI is InChI=1S/C28H34ClN5O5/c1-27(2)38-21-20(14-36-18-8-6-7-17(11-18)13-35)37-25(22(21)39-27)34-24-19(12-30-34)23(31-26(29)32-24)33-15-28(16-33)9-4-3-5-10-28/h6-8,11-12,20-22,25,35H,3-5,9-10,13-16H2,1-2H3/t20-,21-,22-,25-/m1/s1. The highest BCUT2D eigenvalue weighted by Crippen LogP contribution is 2.47. The molecular formula is C28H34ClN5O5. The molecule has 2 aromatic heterocycles. The van der Waals surface area contributed by atoms with E-state index in [-0.39, 0.29) is 24.6 Å². The van der Waals surface area contributed by atoms with Crippen LogP contribution in [-0.2, 0) is 20.8 Å². The molecule has 1 saturated carbocycles. The van der Waals surface area contributed by atoms with Gasteiger partial charge in [-0.1, -0.05) is 31.4 Å². The van der Waals surface area contributed by atoms with Crippen molar-refractivity contribution in [3.05, 3.63) is 41.3 Å². The highest BCUT2D eigenvalue weighted by Gasteiger charge is 2.57. The normalized spacial score (nSPS) is 29.1. The molecular weight excluding hydrogens is 522 g/mol. The highest BCUT2D eigenvalue weighted by atomic mass is 35.5. The van der Waals surface area contributed by atoms with Crippen molar-refractivity contribution in [2.24, 2.45) is 5.41 Å². The van der Waals surface area contributed by atoms with E-state index < -0.39 is 24.2 Å². The SMILES string of the molecule is CC1(C)O[C@@H]2[C@H](O1)[C@@H](COc1cccc(CO)c1)O[C@H]2n1ncc2c(N3CC4(CCCCC4)C3)nc(Cl)nc21. The molecule has 3 aliphatic heterocycles. The van der Waals surface area contributed by atoms with Gasteiger partial charge in [-0.25, -0.2) is 4.68 Å². The maximum absolute atomic E-state index is 9.46. The number of fused-ring (bicyclic) bond motifs is 2. The van der Waals surface area contributed by atoms with Crippen LogP contribution in [0.25, 0.3) is 11.0 Å². The fourth-order valence-corrected chi connectivity index (χ4v) is 6.91. The van der Waals surface area contributed by atoms with Crippen LogP contribution in [0.2, 0.25) is 5.28 Å². The number of rotatable bonds is 6. The molecule has 5 heterocycles. The van der Waals surface area contributed by atoms with Crippen molar-refractivity contribution in [1.82, 2.24) is 19.7 Å². The molecule has 4 atom stereocenters. The maximum Gasteiger partial charge on any atom is 0.226 e. The molecule has 4 fully saturated rings. The van der Waals surface area contributed by atoms with E-state index >= 15 is 0 Å². The first-order valence-corrected chi connectivity index (χ1v) is 14.2. The molecule has 3 aromatic rings. The van der Waals surface area contributed by atoms with Crippen LogP contribution < -0.4 is 9.64 Å². The first kappa shape index (κ1) is 25.5. The van der Waals surface area contributed by atoms with Gasteiger partial charge in [0.15, 0.2) is 17.7 Å². The van der Waals surface area contributed by atoms with Crippen molar-refractivity contribution in [2.45, 2.75) is 82.9 Å². The summed E-state index contributed by atoms with van der Waals surface area (Å²) in [5.41, 5.74) is 1.80. The van der Waals surface area contributed by atoms with E-state index in [1.165, 1.54) is 32.1 Å². The zero-order valence-corrected chi connectivity index (χ0v) is 23.0. The maximum atomic E-state index is 9.46. The zero-order chi connectivity index (χ0) is 26.8. The second kappa shape index (κ2) is 9.55. The Morgan fingerprint density at radius 1 is 1.10 bits per heavy atom. The highest BCUT2D eigenvalue weighted by molar-refractivity contribution is 6.28. The van der Waals surface area contributed by atoms with Crippen molar-refractivity contribution in [1.29, 1.82) is 0 Å². The van der Waals surface area contributed by atoms with Gasteiger partial charge >= 0.3 is 0 Å². The predicted octanol–water partition coefficient (Wildman–Crippen LogP) is 4.24. The summed E-state index contributed by atoms with van der Waals surface area (Å²) in [6.45, 7) is 5.98. The Labute approximate surface area is 232 Å². The second-order valence-corrected chi connectivity index (χ2v) is 12.1. The van der Waals surface area contributed by atoms with Crippen LogP contribution in [0.15, 0.2) is 30.5 Å². The van der Waals surface area contributed by atoms with Gasteiger partial charge in [-0.05, 0) is 56.0 Å². The Morgan fingerprint density at radius 3 is 2.69 bits per heavy atom. The number of hydrogen-bond donors (Lipinski definition) is 1. The Hall–Kier alpha value is -2.50. The molecule has 4 aliphatic rings. The molecule has 10 nitrogen and oxygen atoms in total. The largest absolute Gasteiger partial charge is 0.491 e. The summed E-state index contributed by atoms with van der Waals surface area (Å²) in [5, 5.41) is 15.2. The molecule has 0 unspecified atom stereocenters. The molecule has 1 spiro atoms. The van der Waals surface area contributed by atoms with Crippen molar-refractivity contribution in [3.8, 4) is 5.75 Å². The second-order valence-electron chi connectivity index (χ2n) is 11.8. The summed E-state index contributed by atoms with van der Waals surface area (Å²) in [5.74, 6) is 0.705. The molecule has 3 saturated heterocycles. The Kier molecular flexibility index (Phi) is 6.24. The number of ether oxygens (including phenoxy) is 4. The third-order valence-electron chi connectivity index (χ3n) is 8.53. The molecule has 7 rings (SSSR count). The summed E-state index contributed by atoms with van der Waals surface area (Å²) < 4.78 is 26.9. The van der Waals surface area contributed by atoms with Crippen molar-refractivity contribution < 1.29 is 24.1 Å². The number of anilines is 1. The molecule has 1 aliphatic carbocycles. The number of aliphatic hydroxyl groups excluding tert-OH is 1. The van der Waals surface area contributed by atoms with E-state index in [0.717, 1.165) is 29.9 Å². The van der Waals surface area contributed by atoms with Gasteiger partial charge < -0.3 is 29.0 Å². The van der Waals surface area contributed by atoms with Crippen LogP contribution >= 0.6 is 11.6 Å². The molecule has 0 radical (unpaired) electrons. The Balaban J connectivity index is 1.15. The van der Waals surface area contributed by atoms with E-state index in [1.54, 1.807) is 10.9 Å². The van der Waals surface area contributed by atoms with Gasteiger partial charge in [-0.2, -0.15) is 15.1 Å². The average Bonchev–Trinajstić information content (AvgIpc) is 3.56. The van der Waals surface area contributed by atoms with Crippen LogP contribution in [0.5, 0.6) is 5.75 Å². The molecule has 11 heteroatoms. The lowest BCUT2D eigenvalue weighted by atomic mass is 9.68. The van der Waals surface area contributed by atoms with E-state index in [4.69, 9.17) is 35.6 Å². The lowest BCUT2D eigenvalue weighted by molar-refractivity contribution is -0.200. The first-order valence-electron chi connectivity index (χ1n) is 13.8. The van der Waals surface area contributed by atoms with E-state index in [2.05, 4.69) is 14.9 Å². The molecule has 1 aromatic carbocycles. The van der Waals surface area contributed by atoms with Crippen LogP contribution in [0.1, 0.15) is 57.7 Å². The first-order chi connectivity index (χ1) is 18.8. The fourth-order valence-electron chi connectivity index (χ4n) is 6.75. The van der Waals surface area contributed by atoms with Gasteiger partial charge in [0.2, 0.25) is 5.28 Å². The minimum Gasteiger partial charge on any atom is -0.491 e. The number of hydrogen-bond acceptors (Lipinski definition) is 9. The van der Waals surface area contributed by atoms with Crippen LogP contribution in [-0.4, -0.2) is 68.7 Å². The number of halogens is 1. The van der Waals surface area contributed by atoms with Crippen LogP contribution in [0, 0.1) is 5.41 Å². The smallest absolute Gasteiger partial charge is 0.226 e. The minimum atomic E-state index is -0.779. The van der Waals surface area contributed by atoms with Crippen molar-refractivity contribution in [3.63, 3.8) is 0 Å². The van der Waals surface area contributed by atoms with Gasteiger partial charge in [0, 0.05) is 18.5 Å². The lowest BCUT2D eigenvalue weighted by Gasteiger charge is -2.53. The Bertz CT molecular complexity index is 1370. The zero-order valence-electron chi connectivity index (χ0n) is 22.3. The van der Waals surface area contributed by atoms with Crippen LogP contribution in [0.4, 0.5) is 5.82 Å². The predicted molar refractivity (Wildman–Crippen MR) is 144 cm³/mol. The number of aliphatic hydroxyl groups is 1. The van der Waals surface area contributed by atoms with Gasteiger partial charge in [0.1, 0.15) is 36.5 Å². The number of benzene rings is 1. The van der Waals surface area contributed by atoms with Gasteiger partial charge in [-0.15, -0.1) is 0 Å². The van der Waals surface area contributed by atoms with Gasteiger partial charge in [0.25, 0.3) is 0 Å². The molecule has 1 N–H and O–H groups in total. The van der Waals surface area contributed by atoms with Crippen molar-refractivity contribution in [2.75, 3.05) is 24.6 Å². The topological polar surface area (TPSA) is 104 Å². The summed E-state index contributed by atoms with van der Waals surface area (Å²) in [6.07, 6.45) is 6.57. The summed E-state index contributed by atoms with van der Waals surface area (Å²) in [4.78, 5) is 11.5. The molecule has 0 bridgehead atoms. The lowest BCUT2D eigenvalue weighted by Crippen LogP contribution is -2.57. The summed E-state index contributed by atoms with van der Waals surface area (Å²) in [6, 6.07) is 7.37. The minimum absolute atomic E-state index is 0.0494. The van der Waals surface area contributed by atoms with E-state index in [9.17, 15) is 5.11 Å². The average molecular weight is 556 g/mol. The molecule has 208 valence electrons. The quantitative estimate of drug-likeness (QED) is 0.447. The monoisotopic (exact) mass is 555 g/mol. The fraction of sp³-hybridized carbons (Fsp3) is 0.607. The van der Waals surface area contributed by atoms with Crippen LogP contribution in [0.3, 0.4) is 0 Å². The third-order valence-corrected chi connectivity index (χ3v) is 8.70. The number of nitrogens with zero attached hydrogens (tertiary/aromatic N) is 5. The Morgan fingerprint density at radius 2 is 1.90 bits per heavy atom. The molecule has 0 amide bonds. The number of aromatic nitrogens is 4. The summed E-state index contributed by atoms with van der Waals surface area (Å²) >= 11 is 6.46. The van der Waals surface area contributed by atoms with E-state index in [1.807, 2.05) is 38.1 Å². The van der Waals surface area contributed by atoms with Gasteiger partial charge in [0.05, 0.1) is 18.2 Å².